The predicted molar refractivity (Wildman–Crippen MR) is 120 cm³/mol. The van der Waals surface area contributed by atoms with Crippen LogP contribution in [0.4, 0.5) is 26.3 Å². The van der Waals surface area contributed by atoms with Crippen LogP contribution in [-0.4, -0.2) is 0 Å². The molecule has 2 aliphatic rings. The molecule has 2 aliphatic carbocycles. The Morgan fingerprint density at radius 3 is 1.51 bits per heavy atom. The number of alkyl halides is 6. The Morgan fingerprint density at radius 2 is 1.08 bits per heavy atom. The summed E-state index contributed by atoms with van der Waals surface area (Å²) in [7, 11) is 0. The van der Waals surface area contributed by atoms with E-state index >= 15 is 0 Å². The average molecular weight is 723 g/mol. The van der Waals surface area contributed by atoms with E-state index in [0.717, 1.165) is 45.6 Å². The van der Waals surface area contributed by atoms with Gasteiger partial charge in [-0.05, 0) is 0 Å². The first kappa shape index (κ1) is 31.6. The number of benzene rings is 2. The summed E-state index contributed by atoms with van der Waals surface area (Å²) < 4.78 is 81.4. The molecule has 1 atom stereocenters. The fraction of sp³-hybridized carbons (Fsp3) is 0.286. The molecule has 2 aromatic rings. The summed E-state index contributed by atoms with van der Waals surface area (Å²) in [6.45, 7) is 7.73. The molecule has 0 aromatic heterocycles. The molecular formula is C28H23Cl2F6Hf. The molecule has 0 N–H and O–H groups in total. The molecule has 0 spiro atoms. The van der Waals surface area contributed by atoms with Crippen molar-refractivity contribution in [1.82, 2.24) is 0 Å². The number of rotatable bonds is 3. The van der Waals surface area contributed by atoms with Crippen LogP contribution in [0.25, 0.3) is 0 Å². The molecule has 0 bridgehead atoms. The maximum absolute atomic E-state index is 13.7. The molecule has 4 rings (SSSR count). The first-order valence-electron chi connectivity index (χ1n) is 11.0. The summed E-state index contributed by atoms with van der Waals surface area (Å²) in [5.74, 6) is 0. The molecule has 0 nitrogen and oxygen atoms in total. The second kappa shape index (κ2) is 10.5. The molecule has 9 heteroatoms. The van der Waals surface area contributed by atoms with Gasteiger partial charge in [-0.1, -0.05) is 0 Å². The van der Waals surface area contributed by atoms with Crippen LogP contribution >= 0.6 is 0 Å². The summed E-state index contributed by atoms with van der Waals surface area (Å²) in [6.07, 6.45) is -3.76. The van der Waals surface area contributed by atoms with Crippen LogP contribution in [0, 0.1) is 0 Å². The molecule has 0 saturated heterocycles. The van der Waals surface area contributed by atoms with E-state index in [1.54, 1.807) is 0 Å². The minimum atomic E-state index is -4.90. The predicted octanol–water partition coefficient (Wildman–Crippen LogP) is 2.59. The van der Waals surface area contributed by atoms with E-state index in [0.29, 0.717) is 0 Å². The van der Waals surface area contributed by atoms with E-state index in [2.05, 4.69) is 12.2 Å². The van der Waals surface area contributed by atoms with Gasteiger partial charge in [0.2, 0.25) is 0 Å². The van der Waals surface area contributed by atoms with E-state index in [4.69, 9.17) is 0 Å². The van der Waals surface area contributed by atoms with Gasteiger partial charge in [-0.15, -0.1) is 0 Å². The van der Waals surface area contributed by atoms with Crippen molar-refractivity contribution in [2.24, 2.45) is 0 Å². The molecule has 0 amide bonds. The zero-order chi connectivity index (χ0) is 26.0. The van der Waals surface area contributed by atoms with Crippen LogP contribution in [-0.2, 0) is 45.3 Å². The Hall–Kier alpha value is -1.57. The summed E-state index contributed by atoms with van der Waals surface area (Å²) in [5, 5.41) is 0. The first-order valence-corrected chi connectivity index (χ1v) is 12.8. The Balaban J connectivity index is 0.00000241. The van der Waals surface area contributed by atoms with E-state index in [1.165, 1.54) is 0 Å². The van der Waals surface area contributed by atoms with Crippen LogP contribution in [0.2, 0.25) is 0 Å². The largest absolute Gasteiger partial charge is 1.00 e. The summed E-state index contributed by atoms with van der Waals surface area (Å²) >= 11 is 0.277. The molecule has 0 radical (unpaired) electrons. The third-order valence-electron chi connectivity index (χ3n) is 7.01. The van der Waals surface area contributed by atoms with Gasteiger partial charge in [-0.25, -0.2) is 0 Å². The van der Waals surface area contributed by atoms with Gasteiger partial charge in [0, 0.05) is 0 Å². The molecule has 37 heavy (non-hydrogen) atoms. The van der Waals surface area contributed by atoms with Gasteiger partial charge in [0.1, 0.15) is 0 Å². The zero-order valence-electron chi connectivity index (χ0n) is 20.4. The molecule has 0 heterocycles. The van der Waals surface area contributed by atoms with Gasteiger partial charge in [0.05, 0.1) is 0 Å². The van der Waals surface area contributed by atoms with Crippen LogP contribution in [0.15, 0.2) is 94.6 Å². The van der Waals surface area contributed by atoms with Crippen molar-refractivity contribution >= 4 is 0 Å². The second-order valence-electron chi connectivity index (χ2n) is 9.32. The third-order valence-corrected chi connectivity index (χ3v) is 9.47. The van der Waals surface area contributed by atoms with E-state index in [1.807, 2.05) is 64.1 Å². The molecule has 0 aliphatic heterocycles. The number of halogens is 8. The Labute approximate surface area is 240 Å². The first-order chi connectivity index (χ1) is 16.1. The van der Waals surface area contributed by atoms with Crippen molar-refractivity contribution in [2.45, 2.75) is 48.6 Å². The van der Waals surface area contributed by atoms with E-state index in [-0.39, 0.29) is 60.8 Å². The third kappa shape index (κ3) is 5.46. The van der Waals surface area contributed by atoms with Gasteiger partial charge in [0.25, 0.3) is 0 Å². The van der Waals surface area contributed by atoms with Crippen molar-refractivity contribution in [3.63, 3.8) is 0 Å². The molecule has 2 aromatic carbocycles. The molecular weight excluding hydrogens is 700 g/mol. The van der Waals surface area contributed by atoms with Crippen LogP contribution in [0.3, 0.4) is 0 Å². The summed E-state index contributed by atoms with van der Waals surface area (Å²) in [6, 6.07) is 11.6. The smallest absolute Gasteiger partial charge is 1.00 e. The van der Waals surface area contributed by atoms with Crippen molar-refractivity contribution in [1.29, 1.82) is 0 Å². The Bertz CT molecular complexity index is 1270. The normalized spacial score (nSPS) is 21.1. The zero-order valence-corrected chi connectivity index (χ0v) is 25.5. The van der Waals surface area contributed by atoms with Crippen molar-refractivity contribution in [3.8, 4) is 0 Å². The minimum absolute atomic E-state index is 0. The fourth-order valence-corrected chi connectivity index (χ4v) is 7.88. The summed E-state index contributed by atoms with van der Waals surface area (Å²) in [5.41, 5.74) is 2.24. The fourth-order valence-electron chi connectivity index (χ4n) is 5.17. The summed E-state index contributed by atoms with van der Waals surface area (Å²) in [4.78, 5) is 0. The quantitative estimate of drug-likeness (QED) is 0.338. The molecule has 0 fully saturated rings. The van der Waals surface area contributed by atoms with E-state index in [9.17, 15) is 26.3 Å². The second-order valence-corrected chi connectivity index (χ2v) is 12.2. The minimum Gasteiger partial charge on any atom is -1.00 e. The standard InChI is InChI=1S/C28H23F6.2ClH.Hf/c1-16-10-24(20-11-22(27(29,30)31)13-23(12-20)28(32,33)34)25(19(16)4)26(14-17(2)18(3)15-26)21-8-6-5-7-9-21;;;/h5-15H,1-4H3;2*1H;/q;;;+2/p-2. The van der Waals surface area contributed by atoms with Crippen LogP contribution < -0.4 is 24.8 Å². The Kier molecular flexibility index (Phi) is 9.01. The van der Waals surface area contributed by atoms with Crippen molar-refractivity contribution in [2.75, 3.05) is 0 Å². The number of allylic oxidation sites excluding steroid dienone is 8. The van der Waals surface area contributed by atoms with Crippen LogP contribution in [0.5, 0.6) is 0 Å². The van der Waals surface area contributed by atoms with Gasteiger partial charge in [-0.2, -0.15) is 0 Å². The van der Waals surface area contributed by atoms with Gasteiger partial charge in [0.15, 0.2) is 0 Å². The molecule has 195 valence electrons. The SMILES string of the molecule is CC1=CC(C2=C(C)C(C)=C[C]2([Hf+2])c2cc(C(F)(F)F)cc(C(F)(F)F)c2)(c2ccccc2)C=C1C.[Cl-].[Cl-]. The number of hydrogen-bond donors (Lipinski definition) is 0. The molecule has 1 unspecified atom stereocenters. The average Bonchev–Trinajstić information content (AvgIpc) is 3.20. The maximum Gasteiger partial charge on any atom is -1.00 e. The maximum atomic E-state index is 13.7. The topological polar surface area (TPSA) is 0 Å². The Morgan fingerprint density at radius 1 is 0.622 bits per heavy atom. The van der Waals surface area contributed by atoms with Gasteiger partial charge in [-0.3, -0.25) is 0 Å². The van der Waals surface area contributed by atoms with Gasteiger partial charge >= 0.3 is 216 Å². The number of hydrogen-bond acceptors (Lipinski definition) is 0. The van der Waals surface area contributed by atoms with Crippen molar-refractivity contribution < 1.29 is 75.5 Å². The van der Waals surface area contributed by atoms with E-state index < -0.39 is 32.1 Å². The van der Waals surface area contributed by atoms with Gasteiger partial charge < -0.3 is 24.8 Å². The monoisotopic (exact) mass is 723 g/mol. The molecule has 0 saturated carbocycles. The van der Waals surface area contributed by atoms with Crippen LogP contribution in [0.1, 0.15) is 49.9 Å². The van der Waals surface area contributed by atoms with Crippen molar-refractivity contribution in [3.05, 3.63) is 117 Å².